The Balaban J connectivity index is 1.71. The van der Waals surface area contributed by atoms with Crippen molar-refractivity contribution in [1.82, 2.24) is 24.9 Å². The van der Waals surface area contributed by atoms with Crippen molar-refractivity contribution in [1.29, 1.82) is 0 Å². The highest BCUT2D eigenvalue weighted by molar-refractivity contribution is 5.86. The zero-order valence-corrected chi connectivity index (χ0v) is 17.7. The number of nitrogens with zero attached hydrogens (tertiary/aromatic N) is 5. The molecule has 1 fully saturated rings. The number of hydrogen-bond donors (Lipinski definition) is 0. The number of aromatic nitrogens is 4. The maximum atomic E-state index is 13.2. The number of aryl methyl sites for hydroxylation is 1. The first-order chi connectivity index (χ1) is 13.8. The number of ether oxygens (including phenoxy) is 1. The van der Waals surface area contributed by atoms with Crippen molar-refractivity contribution < 1.29 is 9.53 Å². The molecule has 2 aromatic heterocycles. The van der Waals surface area contributed by atoms with Gasteiger partial charge in [0.15, 0.2) is 5.65 Å². The zero-order chi connectivity index (χ0) is 20.6. The van der Waals surface area contributed by atoms with Gasteiger partial charge in [-0.1, -0.05) is 39.0 Å². The van der Waals surface area contributed by atoms with Crippen molar-refractivity contribution in [3.05, 3.63) is 35.4 Å². The normalized spacial score (nSPS) is 17.3. The molecule has 1 aromatic carbocycles. The average Bonchev–Trinajstić information content (AvgIpc) is 3.31. The van der Waals surface area contributed by atoms with Crippen LogP contribution in [-0.4, -0.2) is 50.1 Å². The van der Waals surface area contributed by atoms with Gasteiger partial charge < -0.3 is 9.64 Å². The first-order valence-electron chi connectivity index (χ1n) is 10.3. The lowest BCUT2D eigenvalue weighted by Crippen LogP contribution is -2.38. The van der Waals surface area contributed by atoms with E-state index in [0.717, 1.165) is 41.5 Å². The van der Waals surface area contributed by atoms with E-state index in [1.807, 2.05) is 11.0 Å². The van der Waals surface area contributed by atoms with Crippen LogP contribution in [0.3, 0.4) is 0 Å². The van der Waals surface area contributed by atoms with Crippen molar-refractivity contribution in [2.24, 2.45) is 5.41 Å². The van der Waals surface area contributed by atoms with Gasteiger partial charge >= 0.3 is 0 Å². The molecule has 7 nitrogen and oxygen atoms in total. The van der Waals surface area contributed by atoms with Crippen LogP contribution in [0.1, 0.15) is 51.2 Å². The predicted molar refractivity (Wildman–Crippen MR) is 111 cm³/mol. The van der Waals surface area contributed by atoms with Gasteiger partial charge in [-0.05, 0) is 47.2 Å². The molecule has 0 aliphatic carbocycles. The van der Waals surface area contributed by atoms with E-state index in [0.29, 0.717) is 25.2 Å². The topological polar surface area (TPSA) is 72.6 Å². The quantitative estimate of drug-likeness (QED) is 0.661. The van der Waals surface area contributed by atoms with Gasteiger partial charge in [0.25, 0.3) is 0 Å². The second-order valence-corrected chi connectivity index (χ2v) is 9.24. The molecular formula is C22H29N5O2. The van der Waals surface area contributed by atoms with Crippen molar-refractivity contribution in [3.63, 3.8) is 0 Å². The van der Waals surface area contributed by atoms with Gasteiger partial charge in [-0.2, -0.15) is 4.52 Å². The number of hydrogen-bond acceptors (Lipinski definition) is 5. The van der Waals surface area contributed by atoms with Gasteiger partial charge in [0, 0.05) is 37.1 Å². The van der Waals surface area contributed by atoms with Crippen LogP contribution < -0.4 is 0 Å². The molecule has 3 heterocycles. The number of tetrazole rings is 1. The van der Waals surface area contributed by atoms with Crippen LogP contribution >= 0.6 is 0 Å². The summed E-state index contributed by atoms with van der Waals surface area (Å²) in [6.45, 7) is 10.2. The SMILES string of the molecule is Cc1cccc2cc(CN(C[C@H]3CCCO3)C(=O)CC(C)(C)C)c3nnnn3c12. The molecule has 1 aliphatic rings. The monoisotopic (exact) mass is 395 g/mol. The molecule has 0 saturated carbocycles. The number of fused-ring (bicyclic) bond motifs is 3. The van der Waals surface area contributed by atoms with Gasteiger partial charge in [0.1, 0.15) is 0 Å². The molecule has 1 atom stereocenters. The fourth-order valence-corrected chi connectivity index (χ4v) is 4.05. The number of carbonyl (C=O) groups excluding carboxylic acids is 1. The Labute approximate surface area is 171 Å². The van der Waals surface area contributed by atoms with E-state index in [9.17, 15) is 4.79 Å². The van der Waals surface area contributed by atoms with E-state index in [4.69, 9.17) is 4.74 Å². The van der Waals surface area contributed by atoms with Crippen LogP contribution in [0.4, 0.5) is 0 Å². The van der Waals surface area contributed by atoms with E-state index < -0.39 is 0 Å². The molecule has 3 aromatic rings. The standard InChI is InChI=1S/C22H29N5O2/c1-15-7-5-8-16-11-17(21-23-24-25-27(21)20(15)16)13-26(14-18-9-6-10-29-18)19(28)12-22(2,3)4/h5,7-8,11,18H,6,9-10,12-14H2,1-4H3/t18-/m1/s1. The van der Waals surface area contributed by atoms with E-state index in [2.05, 4.69) is 61.4 Å². The molecule has 154 valence electrons. The average molecular weight is 396 g/mol. The Kier molecular flexibility index (Phi) is 5.25. The summed E-state index contributed by atoms with van der Waals surface area (Å²) in [5.74, 6) is 0.142. The molecule has 0 spiro atoms. The third kappa shape index (κ3) is 4.24. The van der Waals surface area contributed by atoms with Crippen molar-refractivity contribution >= 4 is 22.5 Å². The summed E-state index contributed by atoms with van der Waals surface area (Å²) in [5.41, 5.74) is 3.70. The lowest BCUT2D eigenvalue weighted by Gasteiger charge is -2.29. The number of para-hydroxylation sites is 1. The first-order valence-corrected chi connectivity index (χ1v) is 10.3. The lowest BCUT2D eigenvalue weighted by molar-refractivity contribution is -0.135. The smallest absolute Gasteiger partial charge is 0.223 e. The molecule has 0 bridgehead atoms. The van der Waals surface area contributed by atoms with Gasteiger partial charge in [0.2, 0.25) is 5.91 Å². The van der Waals surface area contributed by atoms with Crippen LogP contribution in [0, 0.1) is 12.3 Å². The second kappa shape index (κ2) is 7.71. The Morgan fingerprint density at radius 3 is 2.90 bits per heavy atom. The maximum Gasteiger partial charge on any atom is 0.223 e. The van der Waals surface area contributed by atoms with E-state index in [-0.39, 0.29) is 17.4 Å². The summed E-state index contributed by atoms with van der Waals surface area (Å²) in [7, 11) is 0. The number of pyridine rings is 1. The molecular weight excluding hydrogens is 366 g/mol. The highest BCUT2D eigenvalue weighted by Gasteiger charge is 2.27. The molecule has 1 amide bonds. The molecule has 4 rings (SSSR count). The van der Waals surface area contributed by atoms with Crippen LogP contribution in [-0.2, 0) is 16.1 Å². The summed E-state index contributed by atoms with van der Waals surface area (Å²) < 4.78 is 7.61. The maximum absolute atomic E-state index is 13.2. The molecule has 1 aliphatic heterocycles. The third-order valence-electron chi connectivity index (χ3n) is 5.41. The number of amides is 1. The molecule has 0 unspecified atom stereocenters. The highest BCUT2D eigenvalue weighted by Crippen LogP contribution is 2.26. The predicted octanol–water partition coefficient (Wildman–Crippen LogP) is 3.53. The Morgan fingerprint density at radius 2 is 2.17 bits per heavy atom. The van der Waals surface area contributed by atoms with Crippen LogP contribution in [0.25, 0.3) is 16.6 Å². The van der Waals surface area contributed by atoms with Crippen LogP contribution in [0.2, 0.25) is 0 Å². The number of carbonyl (C=O) groups is 1. The fraction of sp³-hybridized carbons (Fsp3) is 0.545. The molecule has 7 heteroatoms. The van der Waals surface area contributed by atoms with Crippen molar-refractivity contribution in [2.75, 3.05) is 13.2 Å². The zero-order valence-electron chi connectivity index (χ0n) is 17.7. The van der Waals surface area contributed by atoms with E-state index >= 15 is 0 Å². The molecule has 1 saturated heterocycles. The van der Waals surface area contributed by atoms with E-state index in [1.165, 1.54) is 0 Å². The van der Waals surface area contributed by atoms with Gasteiger partial charge in [-0.25, -0.2) is 0 Å². The summed E-state index contributed by atoms with van der Waals surface area (Å²) in [5, 5.41) is 13.4. The number of rotatable bonds is 5. The van der Waals surface area contributed by atoms with Gasteiger partial charge in [-0.3, -0.25) is 4.79 Å². The summed E-state index contributed by atoms with van der Waals surface area (Å²) in [6, 6.07) is 8.27. The van der Waals surface area contributed by atoms with Gasteiger partial charge in [-0.15, -0.1) is 5.10 Å². The fourth-order valence-electron chi connectivity index (χ4n) is 4.05. The molecule has 0 radical (unpaired) electrons. The lowest BCUT2D eigenvalue weighted by atomic mass is 9.91. The minimum Gasteiger partial charge on any atom is -0.376 e. The van der Waals surface area contributed by atoms with Crippen LogP contribution in [0.5, 0.6) is 0 Å². The Morgan fingerprint density at radius 1 is 1.34 bits per heavy atom. The second-order valence-electron chi connectivity index (χ2n) is 9.24. The van der Waals surface area contributed by atoms with Gasteiger partial charge in [0.05, 0.1) is 11.6 Å². The first kappa shape index (κ1) is 19.8. The minimum atomic E-state index is -0.0713. The number of benzene rings is 1. The Bertz CT molecular complexity index is 1030. The summed E-state index contributed by atoms with van der Waals surface area (Å²) in [6.07, 6.45) is 2.65. The third-order valence-corrected chi connectivity index (χ3v) is 5.41. The molecule has 0 N–H and O–H groups in total. The summed E-state index contributed by atoms with van der Waals surface area (Å²) >= 11 is 0. The summed E-state index contributed by atoms with van der Waals surface area (Å²) in [4.78, 5) is 15.1. The van der Waals surface area contributed by atoms with Crippen LogP contribution in [0.15, 0.2) is 24.3 Å². The Hall–Kier alpha value is -2.54. The highest BCUT2D eigenvalue weighted by atomic mass is 16.5. The molecule has 29 heavy (non-hydrogen) atoms. The largest absolute Gasteiger partial charge is 0.376 e. The van der Waals surface area contributed by atoms with Crippen molar-refractivity contribution in [2.45, 2.75) is 59.6 Å². The minimum absolute atomic E-state index is 0.0713. The van der Waals surface area contributed by atoms with Crippen molar-refractivity contribution in [3.8, 4) is 0 Å². The van der Waals surface area contributed by atoms with E-state index in [1.54, 1.807) is 4.52 Å².